The van der Waals surface area contributed by atoms with Gasteiger partial charge in [0.05, 0.1) is 5.92 Å². The predicted octanol–water partition coefficient (Wildman–Crippen LogP) is 3.21. The second-order valence-corrected chi connectivity index (χ2v) is 5.70. The van der Waals surface area contributed by atoms with Crippen LogP contribution in [0.3, 0.4) is 0 Å². The number of nitrogens with zero attached hydrogens (tertiary/aromatic N) is 2. The number of aromatic nitrogens is 2. The molecule has 2 aromatic rings. The molecule has 0 fully saturated rings. The summed E-state index contributed by atoms with van der Waals surface area (Å²) in [5.41, 5.74) is 0. The molecule has 1 N–H and O–H groups in total. The van der Waals surface area contributed by atoms with Gasteiger partial charge in [-0.3, -0.25) is 0 Å². The Morgan fingerprint density at radius 1 is 1.42 bits per heavy atom. The highest BCUT2D eigenvalue weighted by molar-refractivity contribution is 7.09. The van der Waals surface area contributed by atoms with Gasteiger partial charge in [-0.2, -0.15) is 4.98 Å². The lowest BCUT2D eigenvalue weighted by atomic mass is 9.99. The molecule has 0 radical (unpaired) electrons. The molecule has 2 aromatic heterocycles. The van der Waals surface area contributed by atoms with Gasteiger partial charge in [-0.15, -0.1) is 11.3 Å². The number of rotatable bonds is 7. The van der Waals surface area contributed by atoms with E-state index < -0.39 is 0 Å². The molecule has 0 saturated heterocycles. The summed E-state index contributed by atoms with van der Waals surface area (Å²) in [5, 5.41) is 9.61. The van der Waals surface area contributed by atoms with Crippen LogP contribution in [0.25, 0.3) is 0 Å². The maximum atomic E-state index is 5.41. The number of thiophene rings is 1. The maximum Gasteiger partial charge on any atom is 0.231 e. The Labute approximate surface area is 118 Å². The van der Waals surface area contributed by atoms with Gasteiger partial charge in [0.15, 0.2) is 5.82 Å². The zero-order chi connectivity index (χ0) is 13.7. The van der Waals surface area contributed by atoms with Gasteiger partial charge in [-0.1, -0.05) is 32.0 Å². The molecular weight excluding hydrogens is 258 g/mol. The number of likely N-dealkylation sites (N-methyl/N-ethyl adjacent to an activating group) is 1. The molecule has 19 heavy (non-hydrogen) atoms. The smallest absolute Gasteiger partial charge is 0.231 e. The van der Waals surface area contributed by atoms with Crippen molar-refractivity contribution in [3.63, 3.8) is 0 Å². The van der Waals surface area contributed by atoms with Crippen molar-refractivity contribution in [1.82, 2.24) is 15.5 Å². The van der Waals surface area contributed by atoms with E-state index in [-0.39, 0.29) is 5.92 Å². The third kappa shape index (κ3) is 3.64. The van der Waals surface area contributed by atoms with E-state index in [0.29, 0.717) is 6.04 Å². The van der Waals surface area contributed by atoms with Gasteiger partial charge in [-0.25, -0.2) is 0 Å². The molecule has 4 nitrogen and oxygen atoms in total. The molecule has 0 bridgehead atoms. The Morgan fingerprint density at radius 3 is 2.89 bits per heavy atom. The first-order chi connectivity index (χ1) is 9.24. The van der Waals surface area contributed by atoms with Crippen LogP contribution >= 0.6 is 11.3 Å². The van der Waals surface area contributed by atoms with Gasteiger partial charge in [0, 0.05) is 17.3 Å². The number of nitrogens with one attached hydrogen (secondary N) is 1. The summed E-state index contributed by atoms with van der Waals surface area (Å²) in [6.07, 6.45) is 1.81. The summed E-state index contributed by atoms with van der Waals surface area (Å²) >= 11 is 1.72. The van der Waals surface area contributed by atoms with Crippen molar-refractivity contribution in [3.05, 3.63) is 34.1 Å². The van der Waals surface area contributed by atoms with Gasteiger partial charge < -0.3 is 9.84 Å². The van der Waals surface area contributed by atoms with Crippen molar-refractivity contribution in [2.24, 2.45) is 0 Å². The fourth-order valence-electron chi connectivity index (χ4n) is 2.20. The molecule has 5 heteroatoms. The molecule has 0 aromatic carbocycles. The molecule has 2 heterocycles. The van der Waals surface area contributed by atoms with Crippen LogP contribution in [0.5, 0.6) is 0 Å². The van der Waals surface area contributed by atoms with Gasteiger partial charge in [0.2, 0.25) is 5.89 Å². The highest BCUT2D eigenvalue weighted by Crippen LogP contribution is 2.21. The summed E-state index contributed by atoms with van der Waals surface area (Å²) in [5.74, 6) is 1.75. The van der Waals surface area contributed by atoms with Crippen LogP contribution in [0.15, 0.2) is 22.0 Å². The number of hydrogen-bond acceptors (Lipinski definition) is 5. The molecule has 0 aliphatic heterocycles. The van der Waals surface area contributed by atoms with Crippen LogP contribution < -0.4 is 5.32 Å². The molecule has 0 aliphatic rings. The molecule has 0 saturated carbocycles. The van der Waals surface area contributed by atoms with E-state index >= 15 is 0 Å². The molecule has 2 atom stereocenters. The van der Waals surface area contributed by atoms with Crippen LogP contribution in [-0.4, -0.2) is 22.7 Å². The van der Waals surface area contributed by atoms with Crippen molar-refractivity contribution in [3.8, 4) is 0 Å². The van der Waals surface area contributed by atoms with Gasteiger partial charge in [0.25, 0.3) is 0 Å². The van der Waals surface area contributed by atoms with Crippen molar-refractivity contribution in [2.75, 3.05) is 6.54 Å². The van der Waals surface area contributed by atoms with E-state index in [1.54, 1.807) is 11.3 Å². The summed E-state index contributed by atoms with van der Waals surface area (Å²) in [6.45, 7) is 7.39. The van der Waals surface area contributed by atoms with Crippen molar-refractivity contribution >= 4 is 11.3 Å². The van der Waals surface area contributed by atoms with Crippen LogP contribution in [0.1, 0.15) is 49.7 Å². The first-order valence-electron chi connectivity index (χ1n) is 6.82. The van der Waals surface area contributed by atoms with Crippen LogP contribution in [0.4, 0.5) is 0 Å². The highest BCUT2D eigenvalue weighted by Gasteiger charge is 2.22. The fraction of sp³-hybridized carbons (Fsp3) is 0.571. The normalized spacial score (nSPS) is 14.5. The Kier molecular flexibility index (Phi) is 5.10. The van der Waals surface area contributed by atoms with Crippen LogP contribution in [-0.2, 0) is 6.42 Å². The Morgan fingerprint density at radius 2 is 2.26 bits per heavy atom. The zero-order valence-electron chi connectivity index (χ0n) is 11.7. The number of hydrogen-bond donors (Lipinski definition) is 1. The van der Waals surface area contributed by atoms with E-state index in [1.807, 2.05) is 6.07 Å². The molecule has 0 spiro atoms. The standard InChI is InChI=1S/C14H21N3OS/c1-4-12(15-5-2)10(3)14-16-13(17-18-14)9-11-7-6-8-19-11/h6-8,10,12,15H,4-5,9H2,1-3H3. The van der Waals surface area contributed by atoms with Crippen molar-refractivity contribution in [1.29, 1.82) is 0 Å². The largest absolute Gasteiger partial charge is 0.339 e. The predicted molar refractivity (Wildman–Crippen MR) is 77.6 cm³/mol. The Hall–Kier alpha value is -1.20. The average molecular weight is 279 g/mol. The molecule has 2 unspecified atom stereocenters. The monoisotopic (exact) mass is 279 g/mol. The van der Waals surface area contributed by atoms with E-state index in [4.69, 9.17) is 4.52 Å². The summed E-state index contributed by atoms with van der Waals surface area (Å²) in [4.78, 5) is 5.79. The summed E-state index contributed by atoms with van der Waals surface area (Å²) < 4.78 is 5.41. The second-order valence-electron chi connectivity index (χ2n) is 4.67. The second kappa shape index (κ2) is 6.82. The minimum atomic E-state index is 0.245. The highest BCUT2D eigenvalue weighted by atomic mass is 32.1. The minimum Gasteiger partial charge on any atom is -0.339 e. The Bertz CT molecular complexity index is 481. The first kappa shape index (κ1) is 14.2. The summed E-state index contributed by atoms with van der Waals surface area (Å²) in [6, 6.07) is 4.53. The third-order valence-corrected chi connectivity index (χ3v) is 4.17. The topological polar surface area (TPSA) is 51.0 Å². The quantitative estimate of drug-likeness (QED) is 0.845. The van der Waals surface area contributed by atoms with Crippen molar-refractivity contribution in [2.45, 2.75) is 45.6 Å². The van der Waals surface area contributed by atoms with E-state index in [9.17, 15) is 0 Å². The fourth-order valence-corrected chi connectivity index (χ4v) is 2.90. The molecular formula is C14H21N3OS. The van der Waals surface area contributed by atoms with Gasteiger partial charge in [0.1, 0.15) is 0 Å². The Balaban J connectivity index is 2.03. The van der Waals surface area contributed by atoms with E-state index in [1.165, 1.54) is 4.88 Å². The van der Waals surface area contributed by atoms with Crippen molar-refractivity contribution < 1.29 is 4.52 Å². The zero-order valence-corrected chi connectivity index (χ0v) is 12.5. The van der Waals surface area contributed by atoms with E-state index in [0.717, 1.165) is 31.1 Å². The lowest BCUT2D eigenvalue weighted by Gasteiger charge is -2.20. The first-order valence-corrected chi connectivity index (χ1v) is 7.70. The molecule has 2 rings (SSSR count). The van der Waals surface area contributed by atoms with Gasteiger partial charge in [-0.05, 0) is 24.4 Å². The maximum absolute atomic E-state index is 5.41. The lowest BCUT2D eigenvalue weighted by Crippen LogP contribution is -2.33. The summed E-state index contributed by atoms with van der Waals surface area (Å²) in [7, 11) is 0. The molecule has 0 amide bonds. The van der Waals surface area contributed by atoms with Gasteiger partial charge >= 0.3 is 0 Å². The SMILES string of the molecule is CCNC(CC)C(C)c1nc(Cc2cccs2)no1. The lowest BCUT2D eigenvalue weighted by molar-refractivity contribution is 0.319. The van der Waals surface area contributed by atoms with Crippen LogP contribution in [0.2, 0.25) is 0 Å². The third-order valence-electron chi connectivity index (χ3n) is 3.30. The van der Waals surface area contributed by atoms with Crippen LogP contribution in [0, 0.1) is 0 Å². The molecule has 104 valence electrons. The minimum absolute atomic E-state index is 0.245. The average Bonchev–Trinajstić information content (AvgIpc) is 3.07. The molecule has 0 aliphatic carbocycles. The van der Waals surface area contributed by atoms with E-state index in [2.05, 4.69) is 47.7 Å².